The number of carboxylic acids is 1. The molecule has 0 heterocycles. The average Bonchev–Trinajstić information content (AvgIpc) is 2.54. The number of carboxylic acid groups (broad SMARTS) is 1. The summed E-state index contributed by atoms with van der Waals surface area (Å²) in [4.78, 5) is 33.3. The van der Waals surface area contributed by atoms with Crippen LogP contribution in [0.1, 0.15) is 57.8 Å². The van der Waals surface area contributed by atoms with Crippen molar-refractivity contribution in [3.63, 3.8) is 0 Å². The first-order valence-corrected chi connectivity index (χ1v) is 8.70. The number of carbonyl (C=O) groups is 2. The molecule has 0 aromatic heterocycles. The number of amides is 1. The minimum atomic E-state index is -0.961. The highest BCUT2D eigenvalue weighted by atomic mass is 16.6. The van der Waals surface area contributed by atoms with Gasteiger partial charge in [0.25, 0.3) is 0 Å². The Hall–Kier alpha value is -1.70. The fourth-order valence-electron chi connectivity index (χ4n) is 3.73. The molecule has 2 saturated carbocycles. The predicted molar refractivity (Wildman–Crippen MR) is 85.1 cm³/mol. The van der Waals surface area contributed by atoms with Crippen LogP contribution in [0.5, 0.6) is 0 Å². The van der Waals surface area contributed by atoms with Crippen molar-refractivity contribution < 1.29 is 24.4 Å². The molecule has 2 fully saturated rings. The van der Waals surface area contributed by atoms with Crippen LogP contribution in [0.25, 0.3) is 0 Å². The van der Waals surface area contributed by atoms with Crippen LogP contribution in [0.2, 0.25) is 0 Å². The van der Waals surface area contributed by atoms with Gasteiger partial charge in [-0.15, -0.1) is 0 Å². The van der Waals surface area contributed by atoms with Crippen molar-refractivity contribution in [3.05, 3.63) is 10.1 Å². The van der Waals surface area contributed by atoms with Gasteiger partial charge in [0.1, 0.15) is 6.61 Å². The highest BCUT2D eigenvalue weighted by molar-refractivity contribution is 5.76. The molecule has 0 radical (unpaired) electrons. The summed E-state index contributed by atoms with van der Waals surface area (Å²) in [6.45, 7) is -0.269. The summed E-state index contributed by atoms with van der Waals surface area (Å²) in [5, 5.41) is 22.4. The molecule has 0 bridgehead atoms. The lowest BCUT2D eigenvalue weighted by Gasteiger charge is -2.29. The maximum absolute atomic E-state index is 12.2. The summed E-state index contributed by atoms with van der Waals surface area (Å²) in [6, 6.07) is -0.622. The Morgan fingerprint density at radius 3 is 2.50 bits per heavy atom. The second-order valence-electron chi connectivity index (χ2n) is 6.92. The van der Waals surface area contributed by atoms with E-state index in [4.69, 9.17) is 9.84 Å². The molecule has 2 atom stereocenters. The van der Waals surface area contributed by atoms with Crippen LogP contribution in [0.15, 0.2) is 0 Å². The van der Waals surface area contributed by atoms with Gasteiger partial charge in [-0.25, -0.2) is 4.79 Å². The minimum absolute atomic E-state index is 0.0281. The molecule has 0 aliphatic heterocycles. The summed E-state index contributed by atoms with van der Waals surface area (Å²) in [6.07, 6.45) is 6.27. The van der Waals surface area contributed by atoms with Crippen LogP contribution in [0.4, 0.5) is 0 Å². The molecule has 2 unspecified atom stereocenters. The fraction of sp³-hybridized carbons (Fsp3) is 0.875. The zero-order valence-electron chi connectivity index (χ0n) is 13.8. The van der Waals surface area contributed by atoms with E-state index >= 15 is 0 Å². The molecular weight excluding hydrogens is 316 g/mol. The largest absolute Gasteiger partial charge is 0.480 e. The highest BCUT2D eigenvalue weighted by Gasteiger charge is 2.31. The van der Waals surface area contributed by atoms with Gasteiger partial charge >= 0.3 is 5.97 Å². The van der Waals surface area contributed by atoms with Crippen LogP contribution >= 0.6 is 0 Å². The topological polar surface area (TPSA) is 119 Å². The number of aliphatic carboxylic acids is 1. The molecule has 0 aromatic rings. The van der Waals surface area contributed by atoms with E-state index in [9.17, 15) is 19.7 Å². The Labute approximate surface area is 141 Å². The maximum atomic E-state index is 12.2. The first-order chi connectivity index (χ1) is 11.4. The third-order valence-corrected chi connectivity index (χ3v) is 5.02. The number of nitrogens with zero attached hydrogens (tertiary/aromatic N) is 1. The van der Waals surface area contributed by atoms with Crippen molar-refractivity contribution in [2.45, 2.75) is 76.0 Å². The monoisotopic (exact) mass is 342 g/mol. The maximum Gasteiger partial charge on any atom is 0.329 e. The fourth-order valence-corrected chi connectivity index (χ4v) is 3.73. The van der Waals surface area contributed by atoms with E-state index in [0.717, 1.165) is 38.5 Å². The average molecular weight is 342 g/mol. The molecule has 0 spiro atoms. The van der Waals surface area contributed by atoms with Crippen molar-refractivity contribution in [1.29, 1.82) is 0 Å². The number of hydrogen-bond acceptors (Lipinski definition) is 5. The summed E-state index contributed by atoms with van der Waals surface area (Å²) in [5.74, 6) is -0.708. The molecule has 8 heteroatoms. The molecular formula is C16H26N2O6. The van der Waals surface area contributed by atoms with Gasteiger partial charge in [0.15, 0.2) is 0 Å². The minimum Gasteiger partial charge on any atom is -0.480 e. The second kappa shape index (κ2) is 8.96. The smallest absolute Gasteiger partial charge is 0.329 e. The van der Waals surface area contributed by atoms with Crippen molar-refractivity contribution in [2.24, 2.45) is 5.92 Å². The number of ether oxygens (including phenoxy) is 1. The summed E-state index contributed by atoms with van der Waals surface area (Å²) in [7, 11) is 0. The van der Waals surface area contributed by atoms with Crippen molar-refractivity contribution in [1.82, 2.24) is 5.32 Å². The molecule has 2 N–H and O–H groups in total. The molecule has 1 amide bonds. The van der Waals surface area contributed by atoms with Gasteiger partial charge in [-0.3, -0.25) is 14.9 Å². The van der Waals surface area contributed by atoms with Gasteiger partial charge in [0.05, 0.1) is 6.10 Å². The van der Waals surface area contributed by atoms with Gasteiger partial charge in [0.2, 0.25) is 11.9 Å². The lowest BCUT2D eigenvalue weighted by Crippen LogP contribution is -2.42. The van der Waals surface area contributed by atoms with E-state index in [1.54, 1.807) is 0 Å². The molecule has 8 nitrogen and oxygen atoms in total. The Bertz CT molecular complexity index is 461. The predicted octanol–water partition coefficient (Wildman–Crippen LogP) is 1.74. The third-order valence-electron chi connectivity index (χ3n) is 5.02. The number of rotatable bonds is 7. The van der Waals surface area contributed by atoms with Gasteiger partial charge in [-0.1, -0.05) is 0 Å². The molecule has 2 aliphatic rings. The quantitative estimate of drug-likeness (QED) is 0.537. The van der Waals surface area contributed by atoms with E-state index in [0.29, 0.717) is 19.3 Å². The van der Waals surface area contributed by atoms with E-state index in [1.165, 1.54) is 0 Å². The van der Waals surface area contributed by atoms with Crippen LogP contribution in [0, 0.1) is 16.0 Å². The van der Waals surface area contributed by atoms with Crippen molar-refractivity contribution in [2.75, 3.05) is 6.61 Å². The first kappa shape index (κ1) is 18.6. The van der Waals surface area contributed by atoms with Crippen LogP contribution in [0.3, 0.4) is 0 Å². The Morgan fingerprint density at radius 1 is 1.17 bits per heavy atom. The molecule has 0 aromatic carbocycles. The van der Waals surface area contributed by atoms with E-state index < -0.39 is 12.0 Å². The van der Waals surface area contributed by atoms with Crippen LogP contribution in [-0.2, 0) is 14.3 Å². The lowest BCUT2D eigenvalue weighted by molar-refractivity contribution is -0.526. The van der Waals surface area contributed by atoms with Gasteiger partial charge in [-0.05, 0) is 44.4 Å². The second-order valence-corrected chi connectivity index (χ2v) is 6.92. The van der Waals surface area contributed by atoms with E-state index in [1.807, 2.05) is 0 Å². The van der Waals surface area contributed by atoms with Gasteiger partial charge in [-0.2, -0.15) is 0 Å². The van der Waals surface area contributed by atoms with E-state index in [2.05, 4.69) is 5.32 Å². The van der Waals surface area contributed by atoms with Crippen molar-refractivity contribution in [3.8, 4) is 0 Å². The molecule has 136 valence electrons. The molecule has 0 saturated heterocycles. The lowest BCUT2D eigenvalue weighted by atomic mass is 9.84. The standard InChI is InChI=1S/C16H26N2O6/c19-15(17-12-2-1-3-13(9-12)18(22)23)8-11-4-6-14(7-5-11)24-10-16(20)21/h11-14H,1-10H2,(H,17,19)(H,20,21). The third kappa shape index (κ3) is 6.07. The number of carbonyl (C=O) groups excluding carboxylic acids is 1. The van der Waals surface area contributed by atoms with Crippen molar-refractivity contribution >= 4 is 11.9 Å². The summed E-state index contributed by atoms with van der Waals surface area (Å²) < 4.78 is 5.29. The number of nitro groups is 1. The Kier molecular flexibility index (Phi) is 6.96. The number of hydrogen-bond donors (Lipinski definition) is 2. The number of nitrogens with one attached hydrogen (secondary N) is 1. The normalized spacial score (nSPS) is 30.5. The van der Waals surface area contributed by atoms with E-state index in [-0.39, 0.29) is 35.5 Å². The summed E-state index contributed by atoms with van der Waals surface area (Å²) in [5.41, 5.74) is 0. The van der Waals surface area contributed by atoms with Crippen LogP contribution in [-0.4, -0.2) is 46.7 Å². The van der Waals surface area contributed by atoms with Crippen LogP contribution < -0.4 is 5.32 Å². The van der Waals surface area contributed by atoms with Gasteiger partial charge < -0.3 is 15.2 Å². The zero-order valence-corrected chi connectivity index (χ0v) is 13.8. The molecule has 2 aliphatic carbocycles. The molecule has 2 rings (SSSR count). The summed E-state index contributed by atoms with van der Waals surface area (Å²) >= 11 is 0. The Balaban J connectivity index is 1.66. The highest BCUT2D eigenvalue weighted by Crippen LogP contribution is 2.29. The zero-order chi connectivity index (χ0) is 17.5. The first-order valence-electron chi connectivity index (χ1n) is 8.70. The van der Waals surface area contributed by atoms with Gasteiger partial charge in [0, 0.05) is 30.2 Å². The molecule has 24 heavy (non-hydrogen) atoms. The SMILES string of the molecule is O=C(O)COC1CCC(CC(=O)NC2CCCC([N+](=O)[O-])C2)CC1. The Morgan fingerprint density at radius 2 is 1.88 bits per heavy atom.